The lowest BCUT2D eigenvalue weighted by Gasteiger charge is -2.06. The van der Waals surface area contributed by atoms with E-state index in [0.29, 0.717) is 5.02 Å². The summed E-state index contributed by atoms with van der Waals surface area (Å²) in [4.78, 5) is 1.14. The summed E-state index contributed by atoms with van der Waals surface area (Å²) in [7, 11) is 0. The number of hydrogen-bond acceptors (Lipinski definition) is 2. The zero-order chi connectivity index (χ0) is 12.5. The normalized spacial score (nSPS) is 11.0. The first-order valence-corrected chi connectivity index (χ1v) is 6.86. The maximum Gasteiger partial charge on any atom is 0.0702 e. The molecule has 2 aromatic carbocycles. The van der Waals surface area contributed by atoms with E-state index in [9.17, 15) is 5.11 Å². The number of thiophene rings is 1. The van der Waals surface area contributed by atoms with Gasteiger partial charge in [0.05, 0.1) is 6.61 Å². The largest absolute Gasteiger partial charge is 0.392 e. The van der Waals surface area contributed by atoms with Gasteiger partial charge in [0.1, 0.15) is 0 Å². The monoisotopic (exact) mass is 274 g/mol. The number of hydrogen-bond donors (Lipinski definition) is 1. The minimum absolute atomic E-state index is 0.0384. The van der Waals surface area contributed by atoms with Crippen LogP contribution >= 0.6 is 22.9 Å². The standard InChI is InChI=1S/C15H11ClOS/c16-13-6-3-5-11(12(13)9-17)15-8-10-4-1-2-7-14(10)18-15/h1-8,17H,9H2. The SMILES string of the molecule is OCc1c(Cl)cccc1-c1cc2ccccc2s1. The molecule has 3 aromatic rings. The van der Waals surface area contributed by atoms with Crippen molar-refractivity contribution in [1.29, 1.82) is 0 Å². The fourth-order valence-corrected chi connectivity index (χ4v) is 3.41. The minimum Gasteiger partial charge on any atom is -0.392 e. The van der Waals surface area contributed by atoms with E-state index >= 15 is 0 Å². The van der Waals surface area contributed by atoms with Crippen LogP contribution in [0.15, 0.2) is 48.5 Å². The van der Waals surface area contributed by atoms with Crippen LogP contribution in [0, 0.1) is 0 Å². The maximum absolute atomic E-state index is 9.46. The molecular weight excluding hydrogens is 264 g/mol. The Morgan fingerprint density at radius 3 is 2.67 bits per heavy atom. The third kappa shape index (κ3) is 1.93. The summed E-state index contributed by atoms with van der Waals surface area (Å²) in [5.74, 6) is 0. The third-order valence-electron chi connectivity index (χ3n) is 2.97. The van der Waals surface area contributed by atoms with Crippen molar-refractivity contribution in [3.63, 3.8) is 0 Å². The van der Waals surface area contributed by atoms with E-state index in [4.69, 9.17) is 11.6 Å². The van der Waals surface area contributed by atoms with Crippen LogP contribution in [0.5, 0.6) is 0 Å². The molecule has 18 heavy (non-hydrogen) atoms. The number of aliphatic hydroxyl groups is 1. The summed E-state index contributed by atoms with van der Waals surface area (Å²) in [6, 6.07) is 16.1. The molecule has 0 aliphatic heterocycles. The zero-order valence-corrected chi connectivity index (χ0v) is 11.1. The van der Waals surface area contributed by atoms with E-state index in [1.165, 1.54) is 10.1 Å². The molecule has 0 bridgehead atoms. The van der Waals surface area contributed by atoms with Crippen molar-refractivity contribution in [3.8, 4) is 10.4 Å². The van der Waals surface area contributed by atoms with Crippen LogP contribution in [-0.2, 0) is 6.61 Å². The second kappa shape index (κ2) is 4.73. The lowest BCUT2D eigenvalue weighted by molar-refractivity contribution is 0.282. The van der Waals surface area contributed by atoms with Crippen LogP contribution < -0.4 is 0 Å². The first-order valence-electron chi connectivity index (χ1n) is 5.67. The van der Waals surface area contributed by atoms with Crippen LogP contribution in [0.25, 0.3) is 20.5 Å². The number of aliphatic hydroxyl groups excluding tert-OH is 1. The summed E-state index contributed by atoms with van der Waals surface area (Å²) >= 11 is 7.84. The highest BCUT2D eigenvalue weighted by Gasteiger charge is 2.10. The molecule has 3 rings (SSSR count). The van der Waals surface area contributed by atoms with Crippen molar-refractivity contribution in [2.75, 3.05) is 0 Å². The first kappa shape index (κ1) is 11.7. The summed E-state index contributed by atoms with van der Waals surface area (Å²) in [6.07, 6.45) is 0. The number of halogens is 1. The smallest absolute Gasteiger partial charge is 0.0702 e. The van der Waals surface area contributed by atoms with E-state index in [0.717, 1.165) is 16.0 Å². The van der Waals surface area contributed by atoms with Gasteiger partial charge in [-0.3, -0.25) is 0 Å². The van der Waals surface area contributed by atoms with Crippen molar-refractivity contribution < 1.29 is 5.11 Å². The van der Waals surface area contributed by atoms with Crippen LogP contribution in [-0.4, -0.2) is 5.11 Å². The van der Waals surface area contributed by atoms with E-state index in [1.54, 1.807) is 11.3 Å². The topological polar surface area (TPSA) is 20.2 Å². The van der Waals surface area contributed by atoms with Crippen molar-refractivity contribution in [3.05, 3.63) is 59.1 Å². The summed E-state index contributed by atoms with van der Waals surface area (Å²) in [5.41, 5.74) is 1.82. The molecule has 0 spiro atoms. The third-order valence-corrected chi connectivity index (χ3v) is 4.47. The summed E-state index contributed by atoms with van der Waals surface area (Å²) in [6.45, 7) is -0.0384. The van der Waals surface area contributed by atoms with Gasteiger partial charge in [-0.2, -0.15) is 0 Å². The Bertz CT molecular complexity index is 670. The van der Waals surface area contributed by atoms with Crippen molar-refractivity contribution in [2.24, 2.45) is 0 Å². The lowest BCUT2D eigenvalue weighted by Crippen LogP contribution is -1.88. The number of rotatable bonds is 2. The molecule has 0 saturated carbocycles. The summed E-state index contributed by atoms with van der Waals surface area (Å²) < 4.78 is 1.25. The maximum atomic E-state index is 9.46. The lowest BCUT2D eigenvalue weighted by atomic mass is 10.1. The Morgan fingerprint density at radius 1 is 1.06 bits per heavy atom. The van der Waals surface area contributed by atoms with E-state index in [1.807, 2.05) is 30.3 Å². The van der Waals surface area contributed by atoms with Gasteiger partial charge in [-0.1, -0.05) is 41.9 Å². The molecule has 0 aliphatic rings. The van der Waals surface area contributed by atoms with Gasteiger partial charge >= 0.3 is 0 Å². The Labute approximate surface area is 114 Å². The molecule has 0 aliphatic carbocycles. The average molecular weight is 275 g/mol. The van der Waals surface area contributed by atoms with Gasteiger partial charge in [-0.25, -0.2) is 0 Å². The predicted molar refractivity (Wildman–Crippen MR) is 78.2 cm³/mol. The molecule has 0 radical (unpaired) electrons. The average Bonchev–Trinajstić information content (AvgIpc) is 2.82. The van der Waals surface area contributed by atoms with Crippen molar-refractivity contribution >= 4 is 33.0 Å². The molecular formula is C15H11ClOS. The van der Waals surface area contributed by atoms with Crippen LogP contribution in [0.1, 0.15) is 5.56 Å². The molecule has 3 heteroatoms. The first-order chi connectivity index (χ1) is 8.79. The van der Waals surface area contributed by atoms with Crippen molar-refractivity contribution in [1.82, 2.24) is 0 Å². The minimum atomic E-state index is -0.0384. The molecule has 0 unspecified atom stereocenters. The van der Waals surface area contributed by atoms with Gasteiger partial charge in [-0.15, -0.1) is 11.3 Å². The van der Waals surface area contributed by atoms with Gasteiger partial charge in [-0.05, 0) is 29.1 Å². The van der Waals surface area contributed by atoms with Crippen LogP contribution in [0.2, 0.25) is 5.02 Å². The molecule has 0 amide bonds. The molecule has 1 aromatic heterocycles. The molecule has 1 nitrogen and oxygen atoms in total. The zero-order valence-electron chi connectivity index (χ0n) is 9.56. The Kier molecular flexibility index (Phi) is 3.08. The second-order valence-corrected chi connectivity index (χ2v) is 5.56. The van der Waals surface area contributed by atoms with Gasteiger partial charge in [0.25, 0.3) is 0 Å². The Balaban J connectivity index is 2.23. The van der Waals surface area contributed by atoms with Crippen LogP contribution in [0.3, 0.4) is 0 Å². The molecule has 0 fully saturated rings. The number of fused-ring (bicyclic) bond motifs is 1. The van der Waals surface area contributed by atoms with Crippen LogP contribution in [0.4, 0.5) is 0 Å². The molecule has 90 valence electrons. The van der Waals surface area contributed by atoms with E-state index < -0.39 is 0 Å². The van der Waals surface area contributed by atoms with Gasteiger partial charge in [0.2, 0.25) is 0 Å². The van der Waals surface area contributed by atoms with Gasteiger partial charge in [0.15, 0.2) is 0 Å². The van der Waals surface area contributed by atoms with Gasteiger partial charge in [0, 0.05) is 20.2 Å². The molecule has 0 atom stereocenters. The highest BCUT2D eigenvalue weighted by Crippen LogP contribution is 2.37. The molecule has 1 N–H and O–H groups in total. The second-order valence-electron chi connectivity index (χ2n) is 4.07. The summed E-state index contributed by atoms with van der Waals surface area (Å²) in [5, 5.41) is 11.3. The Morgan fingerprint density at radius 2 is 1.89 bits per heavy atom. The molecule has 0 saturated heterocycles. The highest BCUT2D eigenvalue weighted by atomic mass is 35.5. The molecule has 1 heterocycles. The fourth-order valence-electron chi connectivity index (χ4n) is 2.06. The Hall–Kier alpha value is -1.35. The number of benzene rings is 2. The highest BCUT2D eigenvalue weighted by molar-refractivity contribution is 7.22. The fraction of sp³-hybridized carbons (Fsp3) is 0.0667. The predicted octanol–water partition coefficient (Wildman–Crippen LogP) is 4.71. The van der Waals surface area contributed by atoms with Gasteiger partial charge < -0.3 is 5.11 Å². The van der Waals surface area contributed by atoms with E-state index in [-0.39, 0.29) is 6.61 Å². The van der Waals surface area contributed by atoms with Crippen molar-refractivity contribution in [2.45, 2.75) is 6.61 Å². The van der Waals surface area contributed by atoms with E-state index in [2.05, 4.69) is 18.2 Å². The quantitative estimate of drug-likeness (QED) is 0.717.